The Kier molecular flexibility index (Phi) is 14.3. The Labute approximate surface area is 900 Å². The lowest BCUT2D eigenvalue weighted by atomic mass is 9.93. The lowest BCUT2D eigenvalue weighted by molar-refractivity contribution is 0.668. The molecule has 0 unspecified atom stereocenters. The van der Waals surface area contributed by atoms with E-state index in [4.69, 9.17) is 58.5 Å². The third-order valence-corrected chi connectivity index (χ3v) is 25.7. The van der Waals surface area contributed by atoms with Gasteiger partial charge in [0.05, 0.1) is 53.5 Å². The van der Waals surface area contributed by atoms with Gasteiger partial charge in [-0.2, -0.15) is 0 Å². The first-order valence-corrected chi connectivity index (χ1v) is 46.6. The summed E-state index contributed by atoms with van der Waals surface area (Å²) < 4.78 is 358. The summed E-state index contributed by atoms with van der Waals surface area (Å²) in [6.45, 7) is 0. The van der Waals surface area contributed by atoms with Crippen LogP contribution in [0.15, 0.2) is 576 Å². The highest BCUT2D eigenvalue weighted by atomic mass is 16.3. The Balaban J connectivity index is 0.000000133. The zero-order chi connectivity index (χ0) is 131. The van der Waals surface area contributed by atoms with E-state index >= 15 is 0 Å². The maximum atomic E-state index is 9.41. The van der Waals surface area contributed by atoms with Crippen LogP contribution in [0.5, 0.6) is 0 Å². The first kappa shape index (κ1) is 55.0. The summed E-state index contributed by atoms with van der Waals surface area (Å²) in [7, 11) is 0. The lowest BCUT2D eigenvalue weighted by Crippen LogP contribution is -2.09. The molecule has 3 heterocycles. The second kappa shape index (κ2) is 38.0. The fourth-order valence-electron chi connectivity index (χ4n) is 18.9. The molecule has 28 aromatic rings. The first-order chi connectivity index (χ1) is 88.6. The fraction of sp³-hybridized carbons (Fsp3) is 0. The highest BCUT2D eigenvalue weighted by molar-refractivity contribution is 6.17. The van der Waals surface area contributed by atoms with Crippen LogP contribution in [0.1, 0.15) is 53.5 Å². The van der Waals surface area contributed by atoms with E-state index in [2.05, 4.69) is 30.3 Å². The highest BCUT2D eigenvalue weighted by Crippen LogP contribution is 2.48. The summed E-state index contributed by atoms with van der Waals surface area (Å²) in [5.74, 6) is 0. The van der Waals surface area contributed by atoms with Gasteiger partial charge in [-0.05, 0) is 306 Å². The molecule has 0 radical (unpaired) electrons. The minimum absolute atomic E-state index is 0.0152. The van der Waals surface area contributed by atoms with E-state index in [1.807, 2.05) is 187 Å². The first-order valence-electron chi connectivity index (χ1n) is 66.1. The summed E-state index contributed by atoms with van der Waals surface area (Å²) >= 11 is 0. The van der Waals surface area contributed by atoms with E-state index in [9.17, 15) is 8.22 Å². The van der Waals surface area contributed by atoms with Crippen LogP contribution in [0.25, 0.3) is 209 Å². The average molecular weight is 1900 g/mol. The summed E-state index contributed by atoms with van der Waals surface area (Å²) in [5, 5.41) is 8.50. The van der Waals surface area contributed by atoms with Crippen molar-refractivity contribution in [1.29, 1.82) is 0 Å². The van der Waals surface area contributed by atoms with E-state index in [1.165, 1.54) is 21.9 Å². The number of furan rings is 3. The zero-order valence-corrected chi connectivity index (χ0v) is 76.7. The molecule has 0 aliphatic heterocycles. The number of fused-ring (bicyclic) bond motifs is 15. The van der Waals surface area contributed by atoms with Gasteiger partial charge in [0.15, 0.2) is 0 Å². The molecule has 0 atom stereocenters. The smallest absolute Gasteiger partial charge is 0.136 e. The number of benzene rings is 25. The molecule has 25 aromatic carbocycles. The number of rotatable bonds is 17. The Morgan fingerprint density at radius 2 is 0.452 bits per heavy atom. The standard InChI is InChI=1S/C50H33NO.C46H31NO.C44H29NO/c1-3-10-39-32-41(18-16-34(39)8-1)36-20-26-43(27-21-36)51(44-28-22-37(23-29-44)42-19-17-35-9-2-4-11-40(35)33-42)45-30-24-38(25-31-45)46-13-7-15-49-50(46)47-12-5-6-14-48(47)52-49;1-2-10-32(11-3-1)33-20-26-37(27-21-33)47(38-28-22-35(23-29-38)41-16-8-13-34-12-4-5-14-40(34)41)39-30-24-36(25-31-39)42-17-9-19-45-46(42)43-15-6-7-18-44(43)48-45;1-2-12-33(13-3-1)45(34-25-21-30(22-26-34)37-18-10-20-43-44(37)40-17-8-9-19-42(40)46-43)35-27-23-31(24-28-35)41-29-32-11-4-5-14-36(32)38-15-6-7-16-39(38)41/h1-33H;1-31H;1-29H/i1D,2D,3D,4D,8D,9D,10D,11D,16D,17D,18D,19D,32D,33D;1D,2D,3D,4D,5D,8D,10D,11D,12D,13D,14D,16D,20D,21D,26D,27D;1D,2D,3D,12D,13D,21D,22D,25D,26D. The van der Waals surface area contributed by atoms with Crippen molar-refractivity contribution in [2.75, 3.05) is 14.7 Å². The van der Waals surface area contributed by atoms with Gasteiger partial charge in [-0.3, -0.25) is 0 Å². The average Bonchev–Trinajstić information content (AvgIpc) is 1.62. The monoisotopic (exact) mass is 1900 g/mol. The van der Waals surface area contributed by atoms with Crippen molar-refractivity contribution < 1.29 is 66.7 Å². The van der Waals surface area contributed by atoms with Crippen molar-refractivity contribution in [2.24, 2.45) is 0 Å². The van der Waals surface area contributed by atoms with Crippen LogP contribution in [0.2, 0.25) is 0 Å². The van der Waals surface area contributed by atoms with Gasteiger partial charge in [0.25, 0.3) is 0 Å². The molecule has 0 fully saturated rings. The Morgan fingerprint density at radius 3 is 0.911 bits per heavy atom. The molecular weight excluding hydrogens is 1770 g/mol. The number of hydrogen-bond acceptors (Lipinski definition) is 6. The molecular formula is C140H93N3O3. The molecule has 0 spiro atoms. The Morgan fingerprint density at radius 1 is 0.144 bits per heavy atom. The van der Waals surface area contributed by atoms with Crippen LogP contribution in [-0.4, -0.2) is 0 Å². The second-order valence-electron chi connectivity index (χ2n) is 34.2. The molecule has 0 saturated heterocycles. The normalized spacial score (nSPS) is 15.2. The van der Waals surface area contributed by atoms with Crippen molar-refractivity contribution in [3.8, 4) is 89.0 Å². The van der Waals surface area contributed by atoms with Gasteiger partial charge in [-0.25, -0.2) is 0 Å². The van der Waals surface area contributed by atoms with E-state index in [-0.39, 0.29) is 125 Å². The molecule has 0 aliphatic carbocycles. The molecule has 3 aromatic heterocycles. The number of para-hydroxylation sites is 4. The summed E-state index contributed by atoms with van der Waals surface area (Å²) in [4.78, 5) is 4.65. The predicted octanol–water partition coefficient (Wildman–Crippen LogP) is 40.3. The van der Waals surface area contributed by atoms with E-state index in [0.29, 0.717) is 61.5 Å². The Bertz CT molecular complexity index is 12000. The molecule has 146 heavy (non-hydrogen) atoms. The van der Waals surface area contributed by atoms with Crippen LogP contribution < -0.4 is 14.7 Å². The molecule has 6 nitrogen and oxygen atoms in total. The molecule has 0 saturated carbocycles. The van der Waals surface area contributed by atoms with E-state index in [1.54, 1.807) is 103 Å². The van der Waals surface area contributed by atoms with Crippen molar-refractivity contribution >= 4 is 171 Å². The third-order valence-electron chi connectivity index (χ3n) is 25.7. The molecule has 0 bridgehead atoms. The second-order valence-corrected chi connectivity index (χ2v) is 34.2. The van der Waals surface area contributed by atoms with E-state index in [0.717, 1.165) is 98.7 Å². The summed E-state index contributed by atoms with van der Waals surface area (Å²) in [6, 6.07) is 80.0. The highest BCUT2D eigenvalue weighted by Gasteiger charge is 2.23. The van der Waals surface area contributed by atoms with Gasteiger partial charge in [0.2, 0.25) is 0 Å². The largest absolute Gasteiger partial charge is 0.456 e. The number of hydrogen-bond donors (Lipinski definition) is 0. The molecule has 28 rings (SSSR count). The maximum Gasteiger partial charge on any atom is 0.136 e. The van der Waals surface area contributed by atoms with Crippen LogP contribution >= 0.6 is 0 Å². The number of anilines is 9. The Hall–Kier alpha value is -19.4. The van der Waals surface area contributed by atoms with Crippen LogP contribution in [0.3, 0.4) is 0 Å². The van der Waals surface area contributed by atoms with Gasteiger partial charge >= 0.3 is 0 Å². The number of nitrogens with zero attached hydrogens (tertiary/aromatic N) is 3. The minimum Gasteiger partial charge on any atom is -0.456 e. The predicted molar refractivity (Wildman–Crippen MR) is 616 cm³/mol. The van der Waals surface area contributed by atoms with Gasteiger partial charge in [0.1, 0.15) is 33.5 Å². The fourth-order valence-corrected chi connectivity index (χ4v) is 18.9. The van der Waals surface area contributed by atoms with Gasteiger partial charge in [-0.1, -0.05) is 400 Å². The van der Waals surface area contributed by atoms with Crippen molar-refractivity contribution in [3.05, 3.63) is 563 Å². The van der Waals surface area contributed by atoms with Gasteiger partial charge < -0.3 is 28.0 Å². The molecule has 0 amide bonds. The molecule has 0 aliphatic rings. The van der Waals surface area contributed by atoms with Crippen molar-refractivity contribution in [1.82, 2.24) is 0 Å². The van der Waals surface area contributed by atoms with Crippen LogP contribution in [0, 0.1) is 0 Å². The van der Waals surface area contributed by atoms with Crippen molar-refractivity contribution in [2.45, 2.75) is 0 Å². The van der Waals surface area contributed by atoms with E-state index < -0.39 is 211 Å². The van der Waals surface area contributed by atoms with Crippen molar-refractivity contribution in [3.63, 3.8) is 0 Å². The summed E-state index contributed by atoms with van der Waals surface area (Å²) in [5.41, 5.74) is 12.2. The molecule has 686 valence electrons. The molecule has 0 N–H and O–H groups in total. The van der Waals surface area contributed by atoms with Gasteiger partial charge in [-0.15, -0.1) is 0 Å². The maximum absolute atomic E-state index is 9.41. The van der Waals surface area contributed by atoms with Crippen LogP contribution in [-0.2, 0) is 0 Å². The van der Waals surface area contributed by atoms with Crippen LogP contribution in [0.4, 0.5) is 51.2 Å². The van der Waals surface area contributed by atoms with Gasteiger partial charge in [0, 0.05) is 83.5 Å². The SMILES string of the molecule is [2H]c1c([2H])c([2H])c(-c2c([2H])c([2H])c(N(c3ccc(-c4c([2H])c([2H])c([2H])c5c([2H])c([2H])c([2H])c([2H])c45)cc3)c3ccc(-c4cccc5oc6ccccc6c45)cc3)c([2H])c2[2H])c([2H])c1[2H].[2H]c1c([2H])c([2H])c(N(c2ccc(-c3cc4ccccc4c4ccccc34)cc2)c2c([2H])c([2H])c(-c3cccc4oc5ccccc5c34)c([2H])c2[2H])c([2H])c1[2H].[2H]c1c([2H])c([2H])c2c([2H])c(-c3ccc(N(c4ccc(-c5c([2H])c([2H])c6c([2H])c([2H])c([2H])c([2H])c6c5[2H])cc4)c4ccc(-c5cccc6oc7ccccc7c56)cc4)cc3)c([2H])c([2H])c2c1[2H]. The third kappa shape index (κ3) is 16.6. The minimum atomic E-state index is -0.702. The summed E-state index contributed by atoms with van der Waals surface area (Å²) in [6.07, 6.45) is 0. The topological polar surface area (TPSA) is 49.1 Å². The quantitative estimate of drug-likeness (QED) is 0.0847. The molecule has 6 heteroatoms. The lowest BCUT2D eigenvalue weighted by Gasteiger charge is -2.26. The zero-order valence-electron chi connectivity index (χ0n) is 116.